The summed E-state index contributed by atoms with van der Waals surface area (Å²) in [6.07, 6.45) is 3.53. The fraction of sp³-hybridized carbons (Fsp3) is 0.545. The van der Waals surface area contributed by atoms with Crippen LogP contribution >= 0.6 is 11.6 Å². The molecule has 1 unspecified atom stereocenters. The quantitative estimate of drug-likeness (QED) is 0.335. The Balaban J connectivity index is 1.31. The SMILES string of the molecule is Cc1cc(S(=O)(=O)N2CCCCC2CCC(=O)N(C)CCc2ccc(C3=NCCN3C(=O)OC(C)(C)C)cc2)c(C)cc1Cl. The van der Waals surface area contributed by atoms with Gasteiger partial charge in [-0.3, -0.25) is 14.7 Å². The van der Waals surface area contributed by atoms with Gasteiger partial charge in [0.05, 0.1) is 18.0 Å². The van der Waals surface area contributed by atoms with E-state index in [1.807, 2.05) is 52.0 Å². The molecule has 0 spiro atoms. The molecule has 1 fully saturated rings. The van der Waals surface area contributed by atoms with Gasteiger partial charge in [0.15, 0.2) is 0 Å². The Morgan fingerprint density at radius 1 is 1.07 bits per heavy atom. The van der Waals surface area contributed by atoms with E-state index in [1.54, 1.807) is 40.2 Å². The molecule has 0 N–H and O–H groups in total. The van der Waals surface area contributed by atoms with Gasteiger partial charge >= 0.3 is 6.09 Å². The van der Waals surface area contributed by atoms with Gasteiger partial charge in [0.25, 0.3) is 0 Å². The van der Waals surface area contributed by atoms with Crippen molar-refractivity contribution in [1.82, 2.24) is 14.1 Å². The van der Waals surface area contributed by atoms with Crippen molar-refractivity contribution in [2.24, 2.45) is 4.99 Å². The second-order valence-electron chi connectivity index (χ2n) is 12.8. The maximum absolute atomic E-state index is 13.7. The van der Waals surface area contributed by atoms with Crippen LogP contribution in [-0.4, -0.2) is 85.2 Å². The average molecular weight is 645 g/mol. The molecule has 0 saturated carbocycles. The molecule has 44 heavy (non-hydrogen) atoms. The van der Waals surface area contributed by atoms with Crippen molar-refractivity contribution in [3.05, 3.63) is 63.7 Å². The van der Waals surface area contributed by atoms with E-state index in [2.05, 4.69) is 4.99 Å². The van der Waals surface area contributed by atoms with Crippen LogP contribution in [-0.2, 0) is 26.0 Å². The molecule has 0 radical (unpaired) electrons. The Morgan fingerprint density at radius 2 is 1.77 bits per heavy atom. The lowest BCUT2D eigenvalue weighted by Gasteiger charge is -2.35. The lowest BCUT2D eigenvalue weighted by atomic mass is 10.00. The number of benzene rings is 2. The smallest absolute Gasteiger partial charge is 0.416 e. The topological polar surface area (TPSA) is 99.6 Å². The predicted octanol–water partition coefficient (Wildman–Crippen LogP) is 5.98. The molecule has 0 aromatic heterocycles. The first kappa shape index (κ1) is 33.9. The van der Waals surface area contributed by atoms with Gasteiger partial charge in [-0.1, -0.05) is 42.3 Å². The number of hydrogen-bond donors (Lipinski definition) is 0. The van der Waals surface area contributed by atoms with Crippen molar-refractivity contribution in [2.45, 2.75) is 89.7 Å². The zero-order valence-corrected chi connectivity index (χ0v) is 28.3. The highest BCUT2D eigenvalue weighted by Gasteiger charge is 2.35. The highest BCUT2D eigenvalue weighted by Crippen LogP contribution is 2.32. The molecule has 1 atom stereocenters. The van der Waals surface area contributed by atoms with Crippen molar-refractivity contribution >= 4 is 39.5 Å². The third-order valence-corrected chi connectivity index (χ3v) is 10.6. The summed E-state index contributed by atoms with van der Waals surface area (Å²) in [5.41, 5.74) is 2.68. The van der Waals surface area contributed by atoms with Crippen molar-refractivity contribution in [1.29, 1.82) is 0 Å². The van der Waals surface area contributed by atoms with Crippen LogP contribution in [0.2, 0.25) is 5.02 Å². The lowest BCUT2D eigenvalue weighted by Crippen LogP contribution is -2.44. The van der Waals surface area contributed by atoms with Crippen LogP contribution in [0, 0.1) is 13.8 Å². The Morgan fingerprint density at radius 3 is 2.45 bits per heavy atom. The van der Waals surface area contributed by atoms with E-state index in [-0.39, 0.29) is 18.4 Å². The second kappa shape index (κ2) is 14.0. The van der Waals surface area contributed by atoms with Gasteiger partial charge in [-0.2, -0.15) is 4.31 Å². The molecule has 2 aromatic rings. The number of amidine groups is 1. The summed E-state index contributed by atoms with van der Waals surface area (Å²) in [5, 5.41) is 0.550. The Bertz CT molecular complexity index is 1500. The van der Waals surface area contributed by atoms with Crippen molar-refractivity contribution in [3.8, 4) is 0 Å². The van der Waals surface area contributed by atoms with Crippen LogP contribution < -0.4 is 0 Å². The number of hydrogen-bond acceptors (Lipinski definition) is 6. The summed E-state index contributed by atoms with van der Waals surface area (Å²) in [4.78, 5) is 33.8. The largest absolute Gasteiger partial charge is 0.443 e. The first-order valence-electron chi connectivity index (χ1n) is 15.3. The van der Waals surface area contributed by atoms with Gasteiger partial charge in [-0.05, 0) is 89.1 Å². The summed E-state index contributed by atoms with van der Waals surface area (Å²) in [5.74, 6) is 0.606. The van der Waals surface area contributed by atoms with Crippen LogP contribution in [0.1, 0.15) is 75.1 Å². The van der Waals surface area contributed by atoms with Gasteiger partial charge in [-0.25, -0.2) is 13.2 Å². The van der Waals surface area contributed by atoms with Crippen LogP contribution in [0.4, 0.5) is 4.79 Å². The molecule has 0 aliphatic carbocycles. The molecular formula is C33H45ClN4O5S. The zero-order valence-electron chi connectivity index (χ0n) is 26.7. The zero-order chi connectivity index (χ0) is 32.2. The van der Waals surface area contributed by atoms with Crippen molar-refractivity contribution in [2.75, 3.05) is 33.2 Å². The second-order valence-corrected chi connectivity index (χ2v) is 15.0. The molecule has 2 aromatic carbocycles. The summed E-state index contributed by atoms with van der Waals surface area (Å²) < 4.78 is 34.5. The van der Waals surface area contributed by atoms with Gasteiger partial charge < -0.3 is 9.64 Å². The number of halogens is 1. The number of aryl methyl sites for hydroxylation is 2. The number of carbonyl (C=O) groups excluding carboxylic acids is 2. The Labute approximate surface area is 267 Å². The molecule has 2 amide bonds. The fourth-order valence-electron chi connectivity index (χ4n) is 5.65. The number of aliphatic imine (C=N–C) groups is 1. The molecule has 1 saturated heterocycles. The highest BCUT2D eigenvalue weighted by molar-refractivity contribution is 7.89. The van der Waals surface area contributed by atoms with Gasteiger partial charge in [0, 0.05) is 43.2 Å². The Kier molecular flexibility index (Phi) is 10.8. The minimum absolute atomic E-state index is 0.00336. The van der Waals surface area contributed by atoms with E-state index >= 15 is 0 Å². The van der Waals surface area contributed by atoms with Crippen LogP contribution in [0.25, 0.3) is 0 Å². The third-order valence-electron chi connectivity index (χ3n) is 8.14. The molecule has 2 aliphatic heterocycles. The van der Waals surface area contributed by atoms with Crippen LogP contribution in [0.3, 0.4) is 0 Å². The highest BCUT2D eigenvalue weighted by atomic mass is 35.5. The van der Waals surface area contributed by atoms with Crippen molar-refractivity contribution in [3.63, 3.8) is 0 Å². The van der Waals surface area contributed by atoms with E-state index < -0.39 is 21.7 Å². The predicted molar refractivity (Wildman–Crippen MR) is 174 cm³/mol. The van der Waals surface area contributed by atoms with E-state index in [9.17, 15) is 18.0 Å². The standard InChI is InChI=1S/C33H45ClN4O5S/c1-23-22-29(24(2)21-28(23)34)44(41,42)38-18-8-7-9-27(38)14-15-30(39)36(6)19-16-25-10-12-26(13-11-25)31-35-17-20-37(31)32(40)43-33(3,4)5/h10-13,21-22,27H,7-9,14-20H2,1-6H3. The summed E-state index contributed by atoms with van der Waals surface area (Å²) in [6.45, 7) is 11.1. The molecule has 11 heteroatoms. The number of amides is 2. The molecular weight excluding hydrogens is 600 g/mol. The van der Waals surface area contributed by atoms with Gasteiger partial charge in [0.1, 0.15) is 11.4 Å². The van der Waals surface area contributed by atoms with Crippen LogP contribution in [0.5, 0.6) is 0 Å². The van der Waals surface area contributed by atoms with Gasteiger partial charge in [0.2, 0.25) is 15.9 Å². The monoisotopic (exact) mass is 644 g/mol. The number of piperidine rings is 1. The molecule has 2 heterocycles. The summed E-state index contributed by atoms with van der Waals surface area (Å²) >= 11 is 6.22. The minimum atomic E-state index is -3.71. The fourth-order valence-corrected chi connectivity index (χ4v) is 7.88. The normalized spacial score (nSPS) is 17.8. The summed E-state index contributed by atoms with van der Waals surface area (Å²) in [7, 11) is -1.92. The molecule has 240 valence electrons. The maximum Gasteiger partial charge on any atom is 0.416 e. The third kappa shape index (κ3) is 8.20. The first-order valence-corrected chi connectivity index (χ1v) is 17.2. The number of rotatable bonds is 9. The van der Waals surface area contributed by atoms with Gasteiger partial charge in [-0.15, -0.1) is 0 Å². The van der Waals surface area contributed by atoms with Crippen molar-refractivity contribution < 1.29 is 22.7 Å². The Hall–Kier alpha value is -2.95. The average Bonchev–Trinajstić information content (AvgIpc) is 3.46. The molecule has 0 bridgehead atoms. The van der Waals surface area contributed by atoms with Crippen LogP contribution in [0.15, 0.2) is 46.3 Å². The number of sulfonamides is 1. The first-order chi connectivity index (χ1) is 20.7. The molecule has 4 rings (SSSR count). The van der Waals surface area contributed by atoms with E-state index in [0.717, 1.165) is 36.0 Å². The van der Waals surface area contributed by atoms with E-state index in [4.69, 9.17) is 16.3 Å². The number of likely N-dealkylation sites (N-methyl/N-ethyl adjacent to an activating group) is 1. The maximum atomic E-state index is 13.7. The van der Waals surface area contributed by atoms with E-state index in [1.165, 1.54) is 0 Å². The number of nitrogens with zero attached hydrogens (tertiary/aromatic N) is 4. The van der Waals surface area contributed by atoms with E-state index in [0.29, 0.717) is 60.3 Å². The molecule has 2 aliphatic rings. The number of ether oxygens (including phenoxy) is 1. The number of carbonyl (C=O) groups is 2. The minimum Gasteiger partial charge on any atom is -0.443 e. The lowest BCUT2D eigenvalue weighted by molar-refractivity contribution is -0.130. The molecule has 9 nitrogen and oxygen atoms in total. The summed E-state index contributed by atoms with van der Waals surface area (Å²) in [6, 6.07) is 11.0.